The van der Waals surface area contributed by atoms with Crippen molar-refractivity contribution in [1.82, 2.24) is 0 Å². The van der Waals surface area contributed by atoms with Crippen molar-refractivity contribution in [3.8, 4) is 0 Å². The summed E-state index contributed by atoms with van der Waals surface area (Å²) in [5.41, 5.74) is 3.24. The van der Waals surface area contributed by atoms with E-state index in [0.717, 1.165) is 24.3 Å². The van der Waals surface area contributed by atoms with E-state index in [1.807, 2.05) is 17.5 Å². The molecule has 1 aliphatic heterocycles. The molecule has 110 valence electrons. The fourth-order valence-electron chi connectivity index (χ4n) is 2.54. The van der Waals surface area contributed by atoms with E-state index in [1.165, 1.54) is 29.9 Å². The van der Waals surface area contributed by atoms with Gasteiger partial charge in [-0.25, -0.2) is 0 Å². The van der Waals surface area contributed by atoms with Gasteiger partial charge in [0.2, 0.25) is 0 Å². The standard InChI is InChI=1S/C15H17N3O2S/c19-18(20)15-8-12(11-21-15)10-16-13-4-3-5-14(9-13)17-6-1-2-7-17/h3-5,8-9,11,16H,1-2,6-7,10H2. The largest absolute Gasteiger partial charge is 0.381 e. The van der Waals surface area contributed by atoms with Gasteiger partial charge in [0.15, 0.2) is 0 Å². The van der Waals surface area contributed by atoms with Crippen LogP contribution in [-0.4, -0.2) is 18.0 Å². The summed E-state index contributed by atoms with van der Waals surface area (Å²) in [7, 11) is 0. The molecular formula is C15H17N3O2S. The summed E-state index contributed by atoms with van der Waals surface area (Å²) in [5, 5.41) is 16.0. The third-order valence-electron chi connectivity index (χ3n) is 3.63. The van der Waals surface area contributed by atoms with Gasteiger partial charge in [0.1, 0.15) is 0 Å². The molecule has 1 aliphatic rings. The number of nitrogens with zero attached hydrogens (tertiary/aromatic N) is 2. The SMILES string of the molecule is O=[N+]([O-])c1cc(CNc2cccc(N3CCCC3)c2)cs1. The molecule has 21 heavy (non-hydrogen) atoms. The molecule has 0 bridgehead atoms. The van der Waals surface area contributed by atoms with Crippen molar-refractivity contribution in [1.29, 1.82) is 0 Å². The van der Waals surface area contributed by atoms with Gasteiger partial charge in [-0.05, 0) is 36.6 Å². The molecule has 0 saturated carbocycles. The molecule has 0 aliphatic carbocycles. The lowest BCUT2D eigenvalue weighted by Gasteiger charge is -2.18. The van der Waals surface area contributed by atoms with Gasteiger partial charge in [-0.3, -0.25) is 10.1 Å². The Labute approximate surface area is 127 Å². The van der Waals surface area contributed by atoms with E-state index >= 15 is 0 Å². The van der Waals surface area contributed by atoms with Crippen LogP contribution in [-0.2, 0) is 6.54 Å². The minimum absolute atomic E-state index is 0.192. The zero-order valence-corrected chi connectivity index (χ0v) is 12.4. The van der Waals surface area contributed by atoms with Crippen molar-refractivity contribution in [3.63, 3.8) is 0 Å². The van der Waals surface area contributed by atoms with Crippen molar-refractivity contribution in [3.05, 3.63) is 51.4 Å². The van der Waals surface area contributed by atoms with Crippen molar-refractivity contribution in [2.45, 2.75) is 19.4 Å². The Kier molecular flexibility index (Phi) is 4.06. The molecule has 0 spiro atoms. The van der Waals surface area contributed by atoms with Gasteiger partial charge < -0.3 is 10.2 Å². The Morgan fingerprint density at radius 3 is 2.81 bits per heavy atom. The fourth-order valence-corrected chi connectivity index (χ4v) is 3.27. The Bertz CT molecular complexity index is 635. The molecule has 0 amide bonds. The number of hydrogen-bond acceptors (Lipinski definition) is 5. The summed E-state index contributed by atoms with van der Waals surface area (Å²) in [4.78, 5) is 12.7. The molecule has 0 unspecified atom stereocenters. The highest BCUT2D eigenvalue weighted by Gasteiger charge is 2.12. The normalized spacial score (nSPS) is 14.4. The molecule has 5 nitrogen and oxygen atoms in total. The fraction of sp³-hybridized carbons (Fsp3) is 0.333. The Morgan fingerprint density at radius 2 is 2.10 bits per heavy atom. The number of nitro groups is 1. The van der Waals surface area contributed by atoms with Crippen molar-refractivity contribution < 1.29 is 4.92 Å². The minimum atomic E-state index is -0.345. The molecule has 2 heterocycles. The number of anilines is 2. The van der Waals surface area contributed by atoms with Crippen molar-refractivity contribution in [2.24, 2.45) is 0 Å². The first kappa shape index (κ1) is 13.9. The zero-order valence-electron chi connectivity index (χ0n) is 11.6. The van der Waals surface area contributed by atoms with E-state index in [4.69, 9.17) is 0 Å². The van der Waals surface area contributed by atoms with Crippen LogP contribution in [0.4, 0.5) is 16.4 Å². The van der Waals surface area contributed by atoms with Crippen LogP contribution in [0.2, 0.25) is 0 Å². The van der Waals surface area contributed by atoms with E-state index in [1.54, 1.807) is 6.07 Å². The maximum atomic E-state index is 10.7. The predicted molar refractivity (Wildman–Crippen MR) is 86.2 cm³/mol. The van der Waals surface area contributed by atoms with Gasteiger partial charge in [0, 0.05) is 42.5 Å². The Hall–Kier alpha value is -2.08. The number of benzene rings is 1. The van der Waals surface area contributed by atoms with Gasteiger partial charge in [-0.1, -0.05) is 17.4 Å². The maximum Gasteiger partial charge on any atom is 0.324 e. The van der Waals surface area contributed by atoms with Crippen LogP contribution in [0.15, 0.2) is 35.7 Å². The number of nitrogens with one attached hydrogen (secondary N) is 1. The van der Waals surface area contributed by atoms with Gasteiger partial charge >= 0.3 is 5.00 Å². The molecule has 1 aromatic carbocycles. The molecule has 1 fully saturated rings. The molecule has 1 aromatic heterocycles. The summed E-state index contributed by atoms with van der Waals surface area (Å²) in [6, 6.07) is 9.98. The second kappa shape index (κ2) is 6.13. The van der Waals surface area contributed by atoms with Crippen LogP contribution in [0, 0.1) is 10.1 Å². The average molecular weight is 303 g/mol. The van der Waals surface area contributed by atoms with E-state index < -0.39 is 0 Å². The highest BCUT2D eigenvalue weighted by Crippen LogP contribution is 2.25. The zero-order chi connectivity index (χ0) is 14.7. The highest BCUT2D eigenvalue weighted by molar-refractivity contribution is 7.13. The maximum absolute atomic E-state index is 10.7. The van der Waals surface area contributed by atoms with Crippen LogP contribution in [0.3, 0.4) is 0 Å². The Morgan fingerprint density at radius 1 is 1.29 bits per heavy atom. The Balaban J connectivity index is 1.64. The van der Waals surface area contributed by atoms with E-state index in [9.17, 15) is 10.1 Å². The molecule has 3 rings (SSSR count). The molecule has 2 aromatic rings. The first-order valence-corrected chi connectivity index (χ1v) is 7.91. The van der Waals surface area contributed by atoms with E-state index in [-0.39, 0.29) is 9.92 Å². The van der Waals surface area contributed by atoms with Gasteiger partial charge in [0.25, 0.3) is 0 Å². The van der Waals surface area contributed by atoms with Gasteiger partial charge in [0.05, 0.1) is 4.92 Å². The quantitative estimate of drug-likeness (QED) is 0.673. The smallest absolute Gasteiger partial charge is 0.324 e. The average Bonchev–Trinajstić information content (AvgIpc) is 3.17. The summed E-state index contributed by atoms with van der Waals surface area (Å²) in [6.45, 7) is 2.86. The number of hydrogen-bond donors (Lipinski definition) is 1. The predicted octanol–water partition coefficient (Wildman–Crippen LogP) is 3.87. The second-order valence-electron chi connectivity index (χ2n) is 5.15. The number of thiophene rings is 1. The first-order valence-electron chi connectivity index (χ1n) is 7.03. The first-order chi connectivity index (χ1) is 10.2. The summed E-state index contributed by atoms with van der Waals surface area (Å²) in [6.07, 6.45) is 2.52. The summed E-state index contributed by atoms with van der Waals surface area (Å²) >= 11 is 1.17. The summed E-state index contributed by atoms with van der Waals surface area (Å²) < 4.78 is 0. The van der Waals surface area contributed by atoms with Crippen LogP contribution < -0.4 is 10.2 Å². The number of rotatable bonds is 5. The van der Waals surface area contributed by atoms with E-state index in [2.05, 4.69) is 22.3 Å². The molecule has 6 heteroatoms. The lowest BCUT2D eigenvalue weighted by atomic mass is 10.2. The second-order valence-corrected chi connectivity index (χ2v) is 6.04. The molecule has 0 atom stereocenters. The molecule has 1 saturated heterocycles. The van der Waals surface area contributed by atoms with Crippen LogP contribution >= 0.6 is 11.3 Å². The lowest BCUT2D eigenvalue weighted by Crippen LogP contribution is -2.17. The van der Waals surface area contributed by atoms with Gasteiger partial charge in [-0.2, -0.15) is 0 Å². The minimum Gasteiger partial charge on any atom is -0.381 e. The highest BCUT2D eigenvalue weighted by atomic mass is 32.1. The molecular weight excluding hydrogens is 286 g/mol. The van der Waals surface area contributed by atoms with Crippen LogP contribution in [0.5, 0.6) is 0 Å². The monoisotopic (exact) mass is 303 g/mol. The van der Waals surface area contributed by atoms with Crippen LogP contribution in [0.25, 0.3) is 0 Å². The molecule has 0 radical (unpaired) electrons. The summed E-state index contributed by atoms with van der Waals surface area (Å²) in [5.74, 6) is 0. The van der Waals surface area contributed by atoms with Gasteiger partial charge in [-0.15, -0.1) is 0 Å². The third kappa shape index (κ3) is 3.33. The van der Waals surface area contributed by atoms with E-state index in [0.29, 0.717) is 6.54 Å². The van der Waals surface area contributed by atoms with Crippen molar-refractivity contribution in [2.75, 3.05) is 23.3 Å². The van der Waals surface area contributed by atoms with Crippen LogP contribution in [0.1, 0.15) is 18.4 Å². The molecule has 1 N–H and O–H groups in total. The topological polar surface area (TPSA) is 58.4 Å². The third-order valence-corrected chi connectivity index (χ3v) is 4.56. The lowest BCUT2D eigenvalue weighted by molar-refractivity contribution is -0.380. The van der Waals surface area contributed by atoms with Crippen molar-refractivity contribution >= 4 is 27.7 Å².